The van der Waals surface area contributed by atoms with Crippen molar-refractivity contribution < 1.29 is 23.1 Å². The monoisotopic (exact) mass is 380 g/mol. The summed E-state index contributed by atoms with van der Waals surface area (Å²) in [7, 11) is 0. The number of para-hydroxylation sites is 1. The molecule has 1 N–H and O–H groups in total. The number of halogens is 3. The minimum atomic E-state index is -1.18. The van der Waals surface area contributed by atoms with E-state index in [1.54, 1.807) is 29.2 Å². The Morgan fingerprint density at radius 2 is 1.69 bits per heavy atom. The van der Waals surface area contributed by atoms with Crippen molar-refractivity contribution in [3.63, 3.8) is 0 Å². The Morgan fingerprint density at radius 3 is 2.42 bits per heavy atom. The number of anilines is 1. The lowest BCUT2D eigenvalue weighted by molar-refractivity contribution is 0.0303. The number of nitrogens with zero attached hydrogens (tertiary/aromatic N) is 1. The zero-order valence-electron chi connectivity index (χ0n) is 13.6. The SMILES string of the molecule is O=C(Nc1ccccc1C(=O)N1CCOCC1)c1cc(F)c(F)cc1Cl. The maximum Gasteiger partial charge on any atom is 0.257 e. The summed E-state index contributed by atoms with van der Waals surface area (Å²) >= 11 is 5.83. The Hall–Kier alpha value is -2.51. The van der Waals surface area contributed by atoms with E-state index in [4.69, 9.17) is 16.3 Å². The largest absolute Gasteiger partial charge is 0.378 e. The van der Waals surface area contributed by atoms with E-state index in [-0.39, 0.29) is 22.2 Å². The second kappa shape index (κ2) is 7.80. The van der Waals surface area contributed by atoms with Gasteiger partial charge in [0.2, 0.25) is 0 Å². The Morgan fingerprint density at radius 1 is 1.04 bits per heavy atom. The Labute approximate surface area is 153 Å². The van der Waals surface area contributed by atoms with Crippen LogP contribution in [0.25, 0.3) is 0 Å². The first-order valence-electron chi connectivity index (χ1n) is 7.89. The van der Waals surface area contributed by atoms with Crippen molar-refractivity contribution in [2.45, 2.75) is 0 Å². The van der Waals surface area contributed by atoms with Crippen LogP contribution in [-0.2, 0) is 4.74 Å². The second-order valence-corrected chi connectivity index (χ2v) is 6.06. The molecule has 1 saturated heterocycles. The third-order valence-electron chi connectivity index (χ3n) is 3.96. The lowest BCUT2D eigenvalue weighted by Gasteiger charge is -2.27. The number of rotatable bonds is 3. The predicted octanol–water partition coefficient (Wildman–Crippen LogP) is 3.34. The zero-order chi connectivity index (χ0) is 18.7. The van der Waals surface area contributed by atoms with Crippen molar-refractivity contribution in [1.82, 2.24) is 4.90 Å². The fourth-order valence-corrected chi connectivity index (χ4v) is 2.84. The molecule has 2 aromatic rings. The van der Waals surface area contributed by atoms with E-state index in [2.05, 4.69) is 5.32 Å². The molecule has 2 aromatic carbocycles. The average molecular weight is 381 g/mol. The summed E-state index contributed by atoms with van der Waals surface area (Å²) in [5.74, 6) is -3.32. The fraction of sp³-hybridized carbons (Fsp3) is 0.222. The highest BCUT2D eigenvalue weighted by Crippen LogP contribution is 2.23. The molecular formula is C18H15ClF2N2O3. The van der Waals surface area contributed by atoms with E-state index < -0.39 is 17.5 Å². The van der Waals surface area contributed by atoms with Gasteiger partial charge in [-0.25, -0.2) is 8.78 Å². The number of hydrogen-bond acceptors (Lipinski definition) is 3. The van der Waals surface area contributed by atoms with Gasteiger partial charge < -0.3 is 15.0 Å². The number of amides is 2. The van der Waals surface area contributed by atoms with Crippen LogP contribution in [0.3, 0.4) is 0 Å². The Kier molecular flexibility index (Phi) is 5.49. The molecule has 0 aliphatic carbocycles. The van der Waals surface area contributed by atoms with Gasteiger partial charge in [0.05, 0.1) is 35.1 Å². The van der Waals surface area contributed by atoms with E-state index in [0.29, 0.717) is 31.9 Å². The van der Waals surface area contributed by atoms with Crippen molar-refractivity contribution in [2.24, 2.45) is 0 Å². The van der Waals surface area contributed by atoms with Crippen LogP contribution < -0.4 is 5.32 Å². The van der Waals surface area contributed by atoms with E-state index in [0.717, 1.165) is 12.1 Å². The van der Waals surface area contributed by atoms with Crippen molar-refractivity contribution in [3.05, 3.63) is 64.2 Å². The molecule has 2 amide bonds. The van der Waals surface area contributed by atoms with E-state index in [1.807, 2.05) is 0 Å². The summed E-state index contributed by atoms with van der Waals surface area (Å²) in [6.45, 7) is 1.81. The molecule has 26 heavy (non-hydrogen) atoms. The summed E-state index contributed by atoms with van der Waals surface area (Å²) in [5, 5.41) is 2.32. The average Bonchev–Trinajstić information content (AvgIpc) is 2.65. The molecule has 1 aliphatic heterocycles. The zero-order valence-corrected chi connectivity index (χ0v) is 14.4. The summed E-state index contributed by atoms with van der Waals surface area (Å²) in [6.07, 6.45) is 0. The van der Waals surface area contributed by atoms with Gasteiger partial charge in [0, 0.05) is 13.1 Å². The first-order valence-corrected chi connectivity index (χ1v) is 8.27. The van der Waals surface area contributed by atoms with Crippen LogP contribution in [-0.4, -0.2) is 43.0 Å². The highest BCUT2D eigenvalue weighted by Gasteiger charge is 2.22. The highest BCUT2D eigenvalue weighted by atomic mass is 35.5. The molecule has 5 nitrogen and oxygen atoms in total. The lowest BCUT2D eigenvalue weighted by atomic mass is 10.1. The van der Waals surface area contributed by atoms with Crippen molar-refractivity contribution in [2.75, 3.05) is 31.6 Å². The van der Waals surface area contributed by atoms with Crippen LogP contribution in [0.2, 0.25) is 5.02 Å². The summed E-state index contributed by atoms with van der Waals surface area (Å²) in [5.41, 5.74) is 0.329. The Balaban J connectivity index is 1.85. The quantitative estimate of drug-likeness (QED) is 0.831. The fourth-order valence-electron chi connectivity index (χ4n) is 2.60. The van der Waals surface area contributed by atoms with Gasteiger partial charge in [0.15, 0.2) is 11.6 Å². The van der Waals surface area contributed by atoms with Crippen LogP contribution in [0.5, 0.6) is 0 Å². The molecule has 3 rings (SSSR count). The molecule has 0 radical (unpaired) electrons. The minimum absolute atomic E-state index is 0.223. The first kappa shape index (κ1) is 18.3. The van der Waals surface area contributed by atoms with Gasteiger partial charge in [0.1, 0.15) is 0 Å². The van der Waals surface area contributed by atoms with Gasteiger partial charge in [-0.15, -0.1) is 0 Å². The number of morpholine rings is 1. The van der Waals surface area contributed by atoms with Gasteiger partial charge in [-0.1, -0.05) is 23.7 Å². The maximum absolute atomic E-state index is 13.4. The highest BCUT2D eigenvalue weighted by molar-refractivity contribution is 6.34. The first-order chi connectivity index (χ1) is 12.5. The van der Waals surface area contributed by atoms with E-state index in [1.165, 1.54) is 0 Å². The van der Waals surface area contributed by atoms with Crippen LogP contribution in [0.1, 0.15) is 20.7 Å². The molecule has 0 saturated carbocycles. The molecule has 0 unspecified atom stereocenters. The number of benzene rings is 2. The normalized spacial score (nSPS) is 14.2. The van der Waals surface area contributed by atoms with Crippen molar-refractivity contribution in [3.8, 4) is 0 Å². The van der Waals surface area contributed by atoms with Crippen LogP contribution >= 0.6 is 11.6 Å². The molecule has 1 heterocycles. The van der Waals surface area contributed by atoms with Gasteiger partial charge >= 0.3 is 0 Å². The summed E-state index contributed by atoms with van der Waals surface area (Å²) in [6, 6.07) is 7.92. The standard InChI is InChI=1S/C18H15ClF2N2O3/c19-13-10-15(21)14(20)9-12(13)17(24)22-16-4-2-1-3-11(16)18(25)23-5-7-26-8-6-23/h1-4,9-10H,5-8H2,(H,22,24). The molecule has 0 spiro atoms. The molecular weight excluding hydrogens is 366 g/mol. The smallest absolute Gasteiger partial charge is 0.257 e. The van der Waals surface area contributed by atoms with Gasteiger partial charge in [0.25, 0.3) is 11.8 Å². The number of hydrogen-bond donors (Lipinski definition) is 1. The second-order valence-electron chi connectivity index (χ2n) is 5.65. The molecule has 136 valence electrons. The van der Waals surface area contributed by atoms with E-state index in [9.17, 15) is 18.4 Å². The van der Waals surface area contributed by atoms with Gasteiger partial charge in [-0.05, 0) is 24.3 Å². The molecule has 8 heteroatoms. The third-order valence-corrected chi connectivity index (χ3v) is 4.27. The van der Waals surface area contributed by atoms with Crippen molar-refractivity contribution >= 4 is 29.1 Å². The lowest BCUT2D eigenvalue weighted by Crippen LogP contribution is -2.41. The number of ether oxygens (including phenoxy) is 1. The number of nitrogens with one attached hydrogen (secondary N) is 1. The maximum atomic E-state index is 13.4. The predicted molar refractivity (Wildman–Crippen MR) is 92.5 cm³/mol. The van der Waals surface area contributed by atoms with E-state index >= 15 is 0 Å². The summed E-state index contributed by atoms with van der Waals surface area (Å²) < 4.78 is 31.8. The summed E-state index contributed by atoms with van der Waals surface area (Å²) in [4.78, 5) is 26.7. The van der Waals surface area contributed by atoms with Crippen LogP contribution in [0.4, 0.5) is 14.5 Å². The van der Waals surface area contributed by atoms with Crippen LogP contribution in [0, 0.1) is 11.6 Å². The van der Waals surface area contributed by atoms with Crippen molar-refractivity contribution in [1.29, 1.82) is 0 Å². The molecule has 0 bridgehead atoms. The topological polar surface area (TPSA) is 58.6 Å². The molecule has 1 aliphatic rings. The number of carbonyl (C=O) groups is 2. The molecule has 0 aromatic heterocycles. The molecule has 0 atom stereocenters. The van der Waals surface area contributed by atoms with Crippen LogP contribution in [0.15, 0.2) is 36.4 Å². The number of carbonyl (C=O) groups excluding carboxylic acids is 2. The van der Waals surface area contributed by atoms with Gasteiger partial charge in [-0.3, -0.25) is 9.59 Å². The molecule has 1 fully saturated rings. The Bertz CT molecular complexity index is 854. The van der Waals surface area contributed by atoms with Gasteiger partial charge in [-0.2, -0.15) is 0 Å². The third kappa shape index (κ3) is 3.84. The minimum Gasteiger partial charge on any atom is -0.378 e.